The van der Waals surface area contributed by atoms with E-state index in [0.29, 0.717) is 6.04 Å². The maximum atomic E-state index is 6.05. The van der Waals surface area contributed by atoms with Crippen molar-refractivity contribution in [2.24, 2.45) is 0 Å². The second kappa shape index (κ2) is 4.22. The van der Waals surface area contributed by atoms with E-state index in [9.17, 15) is 0 Å². The number of aromatic nitrogens is 1. The molecule has 0 aromatic carbocycles. The lowest BCUT2D eigenvalue weighted by molar-refractivity contribution is 0.00578. The van der Waals surface area contributed by atoms with E-state index >= 15 is 0 Å². The Balaban J connectivity index is 1.79. The van der Waals surface area contributed by atoms with Crippen LogP contribution >= 0.6 is 0 Å². The molecule has 2 fully saturated rings. The van der Waals surface area contributed by atoms with Crippen LogP contribution < -0.4 is 10.8 Å². The van der Waals surface area contributed by atoms with Gasteiger partial charge in [0.15, 0.2) is 0 Å². The third-order valence-electron chi connectivity index (χ3n) is 4.24. The van der Waals surface area contributed by atoms with E-state index in [1.54, 1.807) is 0 Å². The summed E-state index contributed by atoms with van der Waals surface area (Å²) in [6, 6.07) is 4.58. The molecular weight excluding hydrogens is 239 g/mol. The lowest BCUT2D eigenvalue weighted by Gasteiger charge is -2.32. The SMILES string of the molecule is CC1(C)OB(c2ccnc(NC3CC3)c2)OC1(C)C. The van der Waals surface area contributed by atoms with Gasteiger partial charge in [-0.05, 0) is 58.1 Å². The molecule has 1 aromatic rings. The van der Waals surface area contributed by atoms with Crippen molar-refractivity contribution in [1.82, 2.24) is 4.98 Å². The van der Waals surface area contributed by atoms with Crippen molar-refractivity contribution in [2.75, 3.05) is 5.32 Å². The molecule has 1 saturated carbocycles. The fourth-order valence-electron chi connectivity index (χ4n) is 2.09. The number of rotatable bonds is 3. The van der Waals surface area contributed by atoms with Crippen LogP contribution in [0.15, 0.2) is 18.3 Å². The number of hydrogen-bond donors (Lipinski definition) is 1. The Morgan fingerprint density at radius 2 is 1.84 bits per heavy atom. The molecule has 1 aliphatic heterocycles. The maximum Gasteiger partial charge on any atom is 0.495 e. The molecule has 0 unspecified atom stereocenters. The molecule has 2 heterocycles. The van der Waals surface area contributed by atoms with Gasteiger partial charge in [0.2, 0.25) is 0 Å². The Morgan fingerprint density at radius 1 is 1.21 bits per heavy atom. The zero-order valence-electron chi connectivity index (χ0n) is 12.1. The molecule has 2 aliphatic rings. The fourth-order valence-corrected chi connectivity index (χ4v) is 2.09. The van der Waals surface area contributed by atoms with E-state index < -0.39 is 0 Å². The number of nitrogens with zero attached hydrogens (tertiary/aromatic N) is 1. The summed E-state index contributed by atoms with van der Waals surface area (Å²) in [6.07, 6.45) is 4.29. The minimum atomic E-state index is -0.312. The second-order valence-corrected chi connectivity index (χ2v) is 6.48. The molecule has 0 atom stereocenters. The van der Waals surface area contributed by atoms with Crippen molar-refractivity contribution in [3.8, 4) is 0 Å². The number of anilines is 1. The van der Waals surface area contributed by atoms with Gasteiger partial charge in [0.1, 0.15) is 5.82 Å². The standard InChI is InChI=1S/C14H21BN2O2/c1-13(2)14(3,4)19-15(18-13)10-7-8-16-12(9-10)17-11-5-6-11/h7-9,11H,5-6H2,1-4H3,(H,16,17). The first kappa shape index (κ1) is 12.9. The Kier molecular flexibility index (Phi) is 2.87. The molecule has 0 radical (unpaired) electrons. The van der Waals surface area contributed by atoms with Crippen LogP contribution in [0.4, 0.5) is 5.82 Å². The van der Waals surface area contributed by atoms with Gasteiger partial charge in [-0.1, -0.05) is 0 Å². The van der Waals surface area contributed by atoms with E-state index in [2.05, 4.69) is 38.0 Å². The first-order chi connectivity index (χ1) is 8.87. The molecule has 5 heteroatoms. The molecule has 4 nitrogen and oxygen atoms in total. The lowest BCUT2D eigenvalue weighted by Crippen LogP contribution is -2.41. The normalized spacial score (nSPS) is 24.5. The van der Waals surface area contributed by atoms with Crippen LogP contribution in [0, 0.1) is 0 Å². The average molecular weight is 260 g/mol. The third-order valence-corrected chi connectivity index (χ3v) is 4.24. The van der Waals surface area contributed by atoms with Crippen LogP contribution in [0.25, 0.3) is 0 Å². The zero-order valence-corrected chi connectivity index (χ0v) is 12.1. The lowest BCUT2D eigenvalue weighted by atomic mass is 9.80. The van der Waals surface area contributed by atoms with Crippen LogP contribution in [0.2, 0.25) is 0 Å². The highest BCUT2D eigenvalue weighted by molar-refractivity contribution is 6.62. The van der Waals surface area contributed by atoms with Gasteiger partial charge in [0.25, 0.3) is 0 Å². The van der Waals surface area contributed by atoms with E-state index in [4.69, 9.17) is 9.31 Å². The summed E-state index contributed by atoms with van der Waals surface area (Å²) in [4.78, 5) is 4.34. The smallest absolute Gasteiger partial charge is 0.399 e. The van der Waals surface area contributed by atoms with Crippen LogP contribution in [0.3, 0.4) is 0 Å². The van der Waals surface area contributed by atoms with E-state index in [0.717, 1.165) is 11.3 Å². The van der Waals surface area contributed by atoms with E-state index in [1.807, 2.05) is 18.3 Å². The quantitative estimate of drug-likeness (QED) is 0.843. The predicted molar refractivity (Wildman–Crippen MR) is 76.6 cm³/mol. The first-order valence-corrected chi connectivity index (χ1v) is 6.95. The summed E-state index contributed by atoms with van der Waals surface area (Å²) in [7, 11) is -0.312. The van der Waals surface area contributed by atoms with Crippen molar-refractivity contribution < 1.29 is 9.31 Å². The minimum Gasteiger partial charge on any atom is -0.399 e. The van der Waals surface area contributed by atoms with Gasteiger partial charge < -0.3 is 14.6 Å². The number of pyridine rings is 1. The van der Waals surface area contributed by atoms with Gasteiger partial charge in [-0.25, -0.2) is 4.98 Å². The molecule has 1 aromatic heterocycles. The first-order valence-electron chi connectivity index (χ1n) is 6.95. The summed E-state index contributed by atoms with van der Waals surface area (Å²) in [5.74, 6) is 0.912. The molecule has 1 aliphatic carbocycles. The highest BCUT2D eigenvalue weighted by atomic mass is 16.7. The molecule has 1 saturated heterocycles. The van der Waals surface area contributed by atoms with Gasteiger partial charge in [-0.3, -0.25) is 0 Å². The highest BCUT2D eigenvalue weighted by Crippen LogP contribution is 2.36. The number of nitrogens with one attached hydrogen (secondary N) is 1. The van der Waals surface area contributed by atoms with Gasteiger partial charge in [0, 0.05) is 12.2 Å². The van der Waals surface area contributed by atoms with Crippen molar-refractivity contribution >= 4 is 18.4 Å². The third kappa shape index (κ3) is 2.49. The number of hydrogen-bond acceptors (Lipinski definition) is 4. The summed E-state index contributed by atoms with van der Waals surface area (Å²) >= 11 is 0. The monoisotopic (exact) mass is 260 g/mol. The predicted octanol–water partition coefficient (Wildman–Crippen LogP) is 1.96. The maximum absolute atomic E-state index is 6.05. The van der Waals surface area contributed by atoms with E-state index in [1.165, 1.54) is 12.8 Å². The van der Waals surface area contributed by atoms with Gasteiger partial charge >= 0.3 is 7.12 Å². The van der Waals surface area contributed by atoms with Gasteiger partial charge in [0.05, 0.1) is 11.2 Å². The highest BCUT2D eigenvalue weighted by Gasteiger charge is 2.51. The van der Waals surface area contributed by atoms with Crippen LogP contribution in [0.1, 0.15) is 40.5 Å². The topological polar surface area (TPSA) is 43.4 Å². The van der Waals surface area contributed by atoms with Gasteiger partial charge in [-0.15, -0.1) is 0 Å². The van der Waals surface area contributed by atoms with Crippen LogP contribution in [-0.4, -0.2) is 29.3 Å². The van der Waals surface area contributed by atoms with Crippen LogP contribution in [-0.2, 0) is 9.31 Å². The second-order valence-electron chi connectivity index (χ2n) is 6.48. The average Bonchev–Trinajstić information content (AvgIpc) is 3.07. The van der Waals surface area contributed by atoms with Crippen molar-refractivity contribution in [3.63, 3.8) is 0 Å². The fraction of sp³-hybridized carbons (Fsp3) is 0.643. The van der Waals surface area contributed by atoms with Crippen molar-refractivity contribution in [2.45, 2.75) is 57.8 Å². The zero-order chi connectivity index (χ0) is 13.7. The molecule has 0 bridgehead atoms. The summed E-state index contributed by atoms with van der Waals surface area (Å²) in [5, 5.41) is 3.40. The largest absolute Gasteiger partial charge is 0.495 e. The Morgan fingerprint density at radius 3 is 2.42 bits per heavy atom. The Hall–Kier alpha value is -1.07. The summed E-state index contributed by atoms with van der Waals surface area (Å²) < 4.78 is 12.1. The van der Waals surface area contributed by atoms with Gasteiger partial charge in [-0.2, -0.15) is 0 Å². The molecule has 0 spiro atoms. The summed E-state index contributed by atoms with van der Waals surface area (Å²) in [5.41, 5.74) is 0.424. The Labute approximate surface area is 115 Å². The summed E-state index contributed by atoms with van der Waals surface area (Å²) in [6.45, 7) is 8.27. The van der Waals surface area contributed by atoms with E-state index in [-0.39, 0.29) is 18.3 Å². The Bertz CT molecular complexity index is 470. The minimum absolute atomic E-state index is 0.301. The molecule has 102 valence electrons. The molecule has 19 heavy (non-hydrogen) atoms. The molecular formula is C14H21BN2O2. The van der Waals surface area contributed by atoms with Crippen molar-refractivity contribution in [3.05, 3.63) is 18.3 Å². The molecule has 0 amide bonds. The molecule has 1 N–H and O–H groups in total. The molecule has 3 rings (SSSR count). The van der Waals surface area contributed by atoms with Crippen molar-refractivity contribution in [1.29, 1.82) is 0 Å². The van der Waals surface area contributed by atoms with Crippen LogP contribution in [0.5, 0.6) is 0 Å².